The number of nitrogens with one attached hydrogen (secondary N) is 1. The summed E-state index contributed by atoms with van der Waals surface area (Å²) in [5, 5.41) is 8.49. The normalized spacial score (nSPS) is 13.6. The van der Waals surface area contributed by atoms with E-state index >= 15 is 0 Å². The maximum atomic E-state index is 13.2. The van der Waals surface area contributed by atoms with Crippen molar-refractivity contribution in [2.24, 2.45) is 0 Å². The van der Waals surface area contributed by atoms with Crippen LogP contribution < -0.4 is 10.1 Å². The van der Waals surface area contributed by atoms with Gasteiger partial charge in [-0.05, 0) is 49.6 Å². The van der Waals surface area contributed by atoms with E-state index in [1.165, 1.54) is 12.8 Å². The highest BCUT2D eigenvalue weighted by Crippen LogP contribution is 2.31. The summed E-state index contributed by atoms with van der Waals surface area (Å²) in [5.41, 5.74) is 1.72. The molecule has 37 heavy (non-hydrogen) atoms. The molecule has 4 rings (SSSR count). The maximum Gasteiger partial charge on any atom is 0.317 e. The van der Waals surface area contributed by atoms with Crippen molar-refractivity contribution in [1.82, 2.24) is 30.0 Å². The topological polar surface area (TPSA) is 85.2 Å². The highest BCUT2D eigenvalue weighted by molar-refractivity contribution is 6.32. The van der Waals surface area contributed by atoms with E-state index in [1.807, 2.05) is 39.9 Å². The molecule has 2 heterocycles. The van der Waals surface area contributed by atoms with E-state index in [2.05, 4.69) is 17.2 Å². The van der Waals surface area contributed by atoms with Gasteiger partial charge in [-0.1, -0.05) is 50.6 Å². The van der Waals surface area contributed by atoms with Crippen LogP contribution in [0.2, 0.25) is 5.02 Å². The van der Waals surface area contributed by atoms with Gasteiger partial charge in [-0.15, -0.1) is 0 Å². The van der Waals surface area contributed by atoms with Crippen molar-refractivity contribution < 1.29 is 9.53 Å². The van der Waals surface area contributed by atoms with Gasteiger partial charge < -0.3 is 15.0 Å². The molecule has 0 radical (unpaired) electrons. The van der Waals surface area contributed by atoms with E-state index in [1.54, 1.807) is 19.5 Å². The first-order chi connectivity index (χ1) is 18.1. The number of hydrogen-bond acceptors (Lipinski definition) is 5. The number of hydrogen-bond donors (Lipinski definition) is 1. The summed E-state index contributed by atoms with van der Waals surface area (Å²) >= 11 is 6.44. The van der Waals surface area contributed by atoms with Gasteiger partial charge in [0.2, 0.25) is 0 Å². The van der Waals surface area contributed by atoms with E-state index in [0.717, 1.165) is 49.7 Å². The van der Waals surface area contributed by atoms with Crippen molar-refractivity contribution in [3.63, 3.8) is 0 Å². The minimum absolute atomic E-state index is 0.0203. The Morgan fingerprint density at radius 2 is 1.92 bits per heavy atom. The molecule has 1 aliphatic rings. The zero-order chi connectivity index (χ0) is 26.0. The first-order valence-corrected chi connectivity index (χ1v) is 13.7. The van der Waals surface area contributed by atoms with Gasteiger partial charge in [0.1, 0.15) is 5.75 Å². The number of rotatable bonds is 12. The first kappa shape index (κ1) is 26.9. The van der Waals surface area contributed by atoms with Gasteiger partial charge in [0.05, 0.1) is 18.7 Å². The highest BCUT2D eigenvalue weighted by Gasteiger charge is 2.27. The molecule has 1 aromatic carbocycles. The molecule has 1 N–H and O–H groups in total. The second-order valence-corrected chi connectivity index (χ2v) is 9.90. The summed E-state index contributed by atoms with van der Waals surface area (Å²) in [6, 6.07) is 9.67. The minimum Gasteiger partial charge on any atom is -0.495 e. The van der Waals surface area contributed by atoms with Crippen molar-refractivity contribution in [3.8, 4) is 28.5 Å². The lowest BCUT2D eigenvalue weighted by Gasteiger charge is -2.29. The van der Waals surface area contributed by atoms with Crippen molar-refractivity contribution in [3.05, 3.63) is 47.7 Å². The van der Waals surface area contributed by atoms with Gasteiger partial charge in [-0.2, -0.15) is 5.10 Å². The summed E-state index contributed by atoms with van der Waals surface area (Å²) in [6.45, 7) is 3.99. The van der Waals surface area contributed by atoms with Crippen molar-refractivity contribution in [1.29, 1.82) is 0 Å². The summed E-state index contributed by atoms with van der Waals surface area (Å²) in [7, 11) is 1.59. The number of aromatic nitrogens is 4. The summed E-state index contributed by atoms with van der Waals surface area (Å²) in [6.07, 6.45) is 12.4. The van der Waals surface area contributed by atoms with Crippen LogP contribution >= 0.6 is 11.6 Å². The number of ether oxygens (including phenoxy) is 1. The average Bonchev–Trinajstić information content (AvgIpc) is 3.60. The maximum absolute atomic E-state index is 13.2. The Morgan fingerprint density at radius 3 is 2.62 bits per heavy atom. The van der Waals surface area contributed by atoms with E-state index < -0.39 is 0 Å². The van der Waals surface area contributed by atoms with Gasteiger partial charge in [0.15, 0.2) is 11.6 Å². The lowest BCUT2D eigenvalue weighted by atomic mass is 10.2. The highest BCUT2D eigenvalue weighted by atomic mass is 35.5. The number of nitrogens with zero attached hydrogens (tertiary/aromatic N) is 5. The summed E-state index contributed by atoms with van der Waals surface area (Å²) in [5.74, 6) is 1.91. The molecule has 0 unspecified atom stereocenters. The van der Waals surface area contributed by atoms with Crippen LogP contribution in [0.5, 0.6) is 5.75 Å². The molecule has 9 heteroatoms. The Labute approximate surface area is 224 Å². The fraction of sp³-hybridized carbons (Fsp3) is 0.500. The molecule has 1 fully saturated rings. The Bertz CT molecular complexity index is 1150. The SMILES string of the molecule is CCCCCCNC(=O)N(CCn1nc(-c2ccncc2)nc1-c1ccc(OC)c(Cl)c1)C1CCCC1. The number of carbonyl (C=O) groups excluding carboxylic acids is 1. The van der Waals surface area contributed by atoms with Crippen LogP contribution in [0, 0.1) is 0 Å². The molecule has 2 amide bonds. The molecular formula is C28H37ClN6O2. The molecule has 0 spiro atoms. The Kier molecular flexibility index (Phi) is 9.77. The predicted octanol–water partition coefficient (Wildman–Crippen LogP) is 6.20. The molecular weight excluding hydrogens is 488 g/mol. The number of halogens is 1. The van der Waals surface area contributed by atoms with E-state index in [0.29, 0.717) is 42.1 Å². The molecule has 0 bridgehead atoms. The van der Waals surface area contributed by atoms with Crippen LogP contribution in [-0.2, 0) is 6.54 Å². The Hall–Kier alpha value is -3.13. The van der Waals surface area contributed by atoms with E-state index in [4.69, 9.17) is 26.4 Å². The standard InChI is InChI=1S/C28H37ClN6O2/c1-3-4-5-8-15-31-28(36)34(23-9-6-7-10-23)18-19-35-27(22-11-12-25(37-2)24(29)20-22)32-26(33-35)21-13-16-30-17-14-21/h11-14,16-17,20,23H,3-10,15,18-19H2,1-2H3,(H,31,36). The second-order valence-electron chi connectivity index (χ2n) is 9.49. The van der Waals surface area contributed by atoms with Crippen LogP contribution in [0.1, 0.15) is 58.3 Å². The fourth-order valence-electron chi connectivity index (χ4n) is 4.86. The lowest BCUT2D eigenvalue weighted by molar-refractivity contribution is 0.171. The lowest BCUT2D eigenvalue weighted by Crippen LogP contribution is -2.47. The van der Waals surface area contributed by atoms with Crippen LogP contribution in [-0.4, -0.2) is 56.9 Å². The van der Waals surface area contributed by atoms with Crippen LogP contribution in [0.25, 0.3) is 22.8 Å². The molecule has 0 atom stereocenters. The van der Waals surface area contributed by atoms with Crippen LogP contribution in [0.4, 0.5) is 4.79 Å². The first-order valence-electron chi connectivity index (χ1n) is 13.3. The van der Waals surface area contributed by atoms with E-state index in [9.17, 15) is 4.79 Å². The number of unbranched alkanes of at least 4 members (excludes halogenated alkanes) is 3. The summed E-state index contributed by atoms with van der Waals surface area (Å²) < 4.78 is 7.20. The largest absolute Gasteiger partial charge is 0.495 e. The molecule has 1 saturated carbocycles. The van der Waals surface area contributed by atoms with Gasteiger partial charge in [0.25, 0.3) is 0 Å². The summed E-state index contributed by atoms with van der Waals surface area (Å²) in [4.78, 5) is 24.2. The number of amides is 2. The Morgan fingerprint density at radius 1 is 1.14 bits per heavy atom. The molecule has 198 valence electrons. The molecule has 1 aliphatic carbocycles. The smallest absolute Gasteiger partial charge is 0.317 e. The van der Waals surface area contributed by atoms with Gasteiger partial charge in [-0.25, -0.2) is 14.5 Å². The van der Waals surface area contributed by atoms with Crippen LogP contribution in [0.3, 0.4) is 0 Å². The predicted molar refractivity (Wildman–Crippen MR) is 147 cm³/mol. The Balaban J connectivity index is 1.56. The molecule has 0 saturated heterocycles. The van der Waals surface area contributed by atoms with E-state index in [-0.39, 0.29) is 12.1 Å². The molecule has 3 aromatic rings. The fourth-order valence-corrected chi connectivity index (χ4v) is 5.11. The zero-order valence-corrected chi connectivity index (χ0v) is 22.6. The average molecular weight is 525 g/mol. The second kappa shape index (κ2) is 13.4. The number of methoxy groups -OCH3 is 1. The quantitative estimate of drug-likeness (QED) is 0.285. The molecule has 2 aromatic heterocycles. The molecule has 0 aliphatic heterocycles. The number of pyridine rings is 1. The van der Waals surface area contributed by atoms with Crippen molar-refractivity contribution in [2.75, 3.05) is 20.2 Å². The van der Waals surface area contributed by atoms with Gasteiger partial charge >= 0.3 is 6.03 Å². The van der Waals surface area contributed by atoms with Gasteiger partial charge in [0, 0.05) is 42.7 Å². The molecule has 8 nitrogen and oxygen atoms in total. The van der Waals surface area contributed by atoms with Gasteiger partial charge in [-0.3, -0.25) is 4.98 Å². The minimum atomic E-state index is 0.0203. The number of carbonyl (C=O) groups is 1. The zero-order valence-electron chi connectivity index (χ0n) is 21.8. The van der Waals surface area contributed by atoms with Crippen molar-refractivity contribution >= 4 is 17.6 Å². The van der Waals surface area contributed by atoms with Crippen molar-refractivity contribution in [2.45, 2.75) is 70.9 Å². The number of urea groups is 1. The third-order valence-corrected chi connectivity index (χ3v) is 7.20. The third kappa shape index (κ3) is 7.01. The number of benzene rings is 1. The monoisotopic (exact) mass is 524 g/mol. The third-order valence-electron chi connectivity index (χ3n) is 6.91. The van der Waals surface area contributed by atoms with Crippen LogP contribution in [0.15, 0.2) is 42.7 Å².